The first-order valence-corrected chi connectivity index (χ1v) is 14.9. The topological polar surface area (TPSA) is 12.9 Å². The van der Waals surface area contributed by atoms with Gasteiger partial charge in [-0.2, -0.15) is 0 Å². The van der Waals surface area contributed by atoms with Gasteiger partial charge in [-0.1, -0.05) is 121 Å². The van der Waals surface area contributed by atoms with E-state index in [0.717, 1.165) is 11.9 Å². The maximum atomic E-state index is 4.72. The SMILES string of the molecule is C1=C(c2ccc3ccccc3c2)Cc2ccc(-c3ccc(-c4ccc5ccc6cccnc6c5c4)c4ccccc34)cc21. The molecule has 1 heterocycles. The highest BCUT2D eigenvalue weighted by Crippen LogP contribution is 2.40. The summed E-state index contributed by atoms with van der Waals surface area (Å²) in [6.07, 6.45) is 5.24. The van der Waals surface area contributed by atoms with E-state index in [1.807, 2.05) is 12.3 Å². The molecule has 1 heteroatoms. The van der Waals surface area contributed by atoms with Crippen LogP contribution in [0.25, 0.3) is 77.1 Å². The van der Waals surface area contributed by atoms with Gasteiger partial charge in [0, 0.05) is 17.0 Å². The summed E-state index contributed by atoms with van der Waals surface area (Å²) in [4.78, 5) is 4.72. The monoisotopic (exact) mass is 545 g/mol. The molecule has 1 aliphatic carbocycles. The molecule has 7 aromatic carbocycles. The number of nitrogens with zero attached hydrogens (tertiary/aromatic N) is 1. The van der Waals surface area contributed by atoms with Crippen LogP contribution >= 0.6 is 0 Å². The zero-order chi connectivity index (χ0) is 28.3. The lowest BCUT2D eigenvalue weighted by molar-refractivity contribution is 1.32. The maximum absolute atomic E-state index is 4.72. The van der Waals surface area contributed by atoms with Gasteiger partial charge < -0.3 is 0 Å². The van der Waals surface area contributed by atoms with E-state index in [0.29, 0.717) is 0 Å². The summed E-state index contributed by atoms with van der Waals surface area (Å²) in [6.45, 7) is 0. The molecule has 200 valence electrons. The summed E-state index contributed by atoms with van der Waals surface area (Å²) < 4.78 is 0. The van der Waals surface area contributed by atoms with Gasteiger partial charge in [-0.25, -0.2) is 0 Å². The quantitative estimate of drug-likeness (QED) is 0.201. The molecular formula is C42H27N. The average Bonchev–Trinajstić information content (AvgIpc) is 3.51. The number of rotatable bonds is 3. The van der Waals surface area contributed by atoms with Gasteiger partial charge in [0.05, 0.1) is 5.52 Å². The average molecular weight is 546 g/mol. The molecular weight excluding hydrogens is 518 g/mol. The zero-order valence-electron chi connectivity index (χ0n) is 23.6. The third-order valence-corrected chi connectivity index (χ3v) is 9.11. The van der Waals surface area contributed by atoms with Crippen LogP contribution in [0.5, 0.6) is 0 Å². The van der Waals surface area contributed by atoms with Crippen molar-refractivity contribution in [3.8, 4) is 22.3 Å². The predicted octanol–water partition coefficient (Wildman–Crippen LogP) is 11.1. The third-order valence-electron chi connectivity index (χ3n) is 9.11. The maximum Gasteiger partial charge on any atom is 0.0780 e. The van der Waals surface area contributed by atoms with Crippen molar-refractivity contribution in [2.45, 2.75) is 6.42 Å². The lowest BCUT2D eigenvalue weighted by Crippen LogP contribution is -1.89. The van der Waals surface area contributed by atoms with Crippen molar-refractivity contribution in [2.24, 2.45) is 0 Å². The molecule has 1 aliphatic rings. The molecule has 0 radical (unpaired) electrons. The number of hydrogen-bond acceptors (Lipinski definition) is 1. The highest BCUT2D eigenvalue weighted by atomic mass is 14.6. The summed E-state index contributed by atoms with van der Waals surface area (Å²) in [5, 5.41) is 8.69. The Hall–Kier alpha value is -5.53. The van der Waals surface area contributed by atoms with Gasteiger partial charge in [0.25, 0.3) is 0 Å². The predicted molar refractivity (Wildman–Crippen MR) is 183 cm³/mol. The molecule has 0 fully saturated rings. The molecule has 1 nitrogen and oxygen atoms in total. The van der Waals surface area contributed by atoms with E-state index in [9.17, 15) is 0 Å². The van der Waals surface area contributed by atoms with E-state index >= 15 is 0 Å². The lowest BCUT2D eigenvalue weighted by Gasteiger charge is -2.14. The van der Waals surface area contributed by atoms with Crippen molar-refractivity contribution in [1.82, 2.24) is 4.98 Å². The molecule has 0 saturated heterocycles. The first-order valence-electron chi connectivity index (χ1n) is 14.9. The summed E-state index contributed by atoms with van der Waals surface area (Å²) in [7, 11) is 0. The van der Waals surface area contributed by atoms with Gasteiger partial charge in [0.2, 0.25) is 0 Å². The summed E-state index contributed by atoms with van der Waals surface area (Å²) in [5.41, 5.74) is 11.4. The van der Waals surface area contributed by atoms with Crippen LogP contribution in [0.15, 0.2) is 146 Å². The molecule has 43 heavy (non-hydrogen) atoms. The van der Waals surface area contributed by atoms with Crippen LogP contribution in [0, 0.1) is 0 Å². The molecule has 0 aliphatic heterocycles. The Morgan fingerprint density at radius 1 is 0.442 bits per heavy atom. The van der Waals surface area contributed by atoms with Gasteiger partial charge in [0.1, 0.15) is 0 Å². The van der Waals surface area contributed by atoms with E-state index in [4.69, 9.17) is 4.98 Å². The van der Waals surface area contributed by atoms with Gasteiger partial charge in [-0.15, -0.1) is 0 Å². The van der Waals surface area contributed by atoms with E-state index in [2.05, 4.69) is 140 Å². The number of hydrogen-bond donors (Lipinski definition) is 0. The fraction of sp³-hybridized carbons (Fsp3) is 0.0238. The second-order valence-electron chi connectivity index (χ2n) is 11.6. The second-order valence-corrected chi connectivity index (χ2v) is 11.6. The van der Waals surface area contributed by atoms with Crippen LogP contribution in [-0.2, 0) is 6.42 Å². The zero-order valence-corrected chi connectivity index (χ0v) is 23.6. The Balaban J connectivity index is 1.14. The molecule has 8 aromatic rings. The summed E-state index contributed by atoms with van der Waals surface area (Å²) >= 11 is 0. The second kappa shape index (κ2) is 9.51. The van der Waals surface area contributed by atoms with E-state index < -0.39 is 0 Å². The normalized spacial score (nSPS) is 12.7. The van der Waals surface area contributed by atoms with Gasteiger partial charge in [-0.3, -0.25) is 4.98 Å². The van der Waals surface area contributed by atoms with Crippen LogP contribution in [0.1, 0.15) is 16.7 Å². The number of allylic oxidation sites excluding steroid dienone is 1. The van der Waals surface area contributed by atoms with Crippen molar-refractivity contribution in [3.63, 3.8) is 0 Å². The van der Waals surface area contributed by atoms with E-state index in [-0.39, 0.29) is 0 Å². The molecule has 9 rings (SSSR count). The van der Waals surface area contributed by atoms with Crippen molar-refractivity contribution in [3.05, 3.63) is 162 Å². The number of pyridine rings is 1. The van der Waals surface area contributed by atoms with E-state index in [1.54, 1.807) is 0 Å². The van der Waals surface area contributed by atoms with Crippen LogP contribution < -0.4 is 0 Å². The summed E-state index contributed by atoms with van der Waals surface area (Å²) in [6, 6.07) is 51.1. The molecule has 0 atom stereocenters. The molecule has 0 bridgehead atoms. The van der Waals surface area contributed by atoms with Crippen LogP contribution in [-0.4, -0.2) is 4.98 Å². The number of aromatic nitrogens is 1. The first-order chi connectivity index (χ1) is 21.3. The van der Waals surface area contributed by atoms with Crippen LogP contribution in [0.4, 0.5) is 0 Å². The summed E-state index contributed by atoms with van der Waals surface area (Å²) in [5.74, 6) is 0. The van der Waals surface area contributed by atoms with Gasteiger partial charge in [0.15, 0.2) is 0 Å². The minimum atomic E-state index is 0.971. The molecule has 0 N–H and O–H groups in total. The lowest BCUT2D eigenvalue weighted by atomic mass is 9.90. The van der Waals surface area contributed by atoms with Crippen molar-refractivity contribution >= 4 is 54.9 Å². The smallest absolute Gasteiger partial charge is 0.0780 e. The van der Waals surface area contributed by atoms with E-state index in [1.165, 1.54) is 82.2 Å². The Kier molecular flexibility index (Phi) is 5.33. The highest BCUT2D eigenvalue weighted by Gasteiger charge is 2.17. The Labute approximate surface area is 250 Å². The minimum Gasteiger partial charge on any atom is -0.256 e. The highest BCUT2D eigenvalue weighted by molar-refractivity contribution is 6.10. The van der Waals surface area contributed by atoms with Gasteiger partial charge in [-0.05, 0) is 102 Å². The Morgan fingerprint density at radius 2 is 1.09 bits per heavy atom. The molecule has 0 unspecified atom stereocenters. The largest absolute Gasteiger partial charge is 0.256 e. The van der Waals surface area contributed by atoms with Crippen molar-refractivity contribution in [2.75, 3.05) is 0 Å². The van der Waals surface area contributed by atoms with Gasteiger partial charge >= 0.3 is 0 Å². The Morgan fingerprint density at radius 3 is 1.95 bits per heavy atom. The van der Waals surface area contributed by atoms with Crippen molar-refractivity contribution in [1.29, 1.82) is 0 Å². The molecule has 1 aromatic heterocycles. The molecule has 0 spiro atoms. The third kappa shape index (κ3) is 3.97. The standard InChI is InChI=1S/C42H27N/c1-2-7-30-22-31(15-11-27(30)6-1)35-23-32-16-18-33(24-36(32)25-35)37-19-20-38(40-10-4-3-9-39(37)40)34-17-13-28-12-14-29-8-5-21-43-42(29)41(28)26-34/h1-22,24-26H,23H2. The number of benzene rings is 7. The van der Waals surface area contributed by atoms with Crippen LogP contribution in [0.2, 0.25) is 0 Å². The first kappa shape index (κ1) is 24.1. The fourth-order valence-electron chi connectivity index (χ4n) is 6.91. The Bertz CT molecular complexity index is 2430. The molecule has 0 saturated carbocycles. The molecule has 0 amide bonds. The fourth-order valence-corrected chi connectivity index (χ4v) is 6.91. The van der Waals surface area contributed by atoms with Crippen LogP contribution in [0.3, 0.4) is 0 Å². The van der Waals surface area contributed by atoms with Crippen molar-refractivity contribution < 1.29 is 0 Å². The minimum absolute atomic E-state index is 0.971. The number of fused-ring (bicyclic) bond motifs is 6.